The summed E-state index contributed by atoms with van der Waals surface area (Å²) in [6.45, 7) is 6.08. The van der Waals surface area contributed by atoms with Crippen molar-refractivity contribution >= 4 is 23.6 Å². The minimum absolute atomic E-state index is 0.158. The summed E-state index contributed by atoms with van der Waals surface area (Å²) in [7, 11) is 0. The maximum absolute atomic E-state index is 11.7. The lowest BCUT2D eigenvalue weighted by atomic mass is 10.2. The molecule has 0 fully saturated rings. The Balaban J connectivity index is 2.90. The first-order valence-electron chi connectivity index (χ1n) is 8.31. The molecule has 138 valence electrons. The van der Waals surface area contributed by atoms with Gasteiger partial charge in [-0.3, -0.25) is 14.4 Å². The highest BCUT2D eigenvalue weighted by atomic mass is 16.5. The lowest BCUT2D eigenvalue weighted by molar-refractivity contribution is -0.143. The van der Waals surface area contributed by atoms with Crippen LogP contribution in [0.25, 0.3) is 0 Å². The predicted molar refractivity (Wildman–Crippen MR) is 92.5 cm³/mol. The summed E-state index contributed by atoms with van der Waals surface area (Å²) in [5.74, 6) is -0.715. The van der Waals surface area contributed by atoms with E-state index in [1.54, 1.807) is 38.1 Å². The van der Waals surface area contributed by atoms with E-state index in [1.807, 2.05) is 4.90 Å². The third kappa shape index (κ3) is 7.69. The van der Waals surface area contributed by atoms with Gasteiger partial charge in [-0.15, -0.1) is 0 Å². The number of hydrogen-bond donors (Lipinski definition) is 0. The van der Waals surface area contributed by atoms with E-state index in [4.69, 9.17) is 14.2 Å². The van der Waals surface area contributed by atoms with E-state index in [1.165, 1.54) is 6.92 Å². The number of ether oxygens (including phenoxy) is 3. The number of nitrogens with zero attached hydrogens (tertiary/aromatic N) is 1. The molecule has 0 spiro atoms. The van der Waals surface area contributed by atoms with Crippen LogP contribution in [0.5, 0.6) is 5.75 Å². The van der Waals surface area contributed by atoms with E-state index in [-0.39, 0.29) is 24.8 Å². The second kappa shape index (κ2) is 11.1. The molecule has 0 N–H and O–H groups in total. The van der Waals surface area contributed by atoms with Crippen molar-refractivity contribution < 1.29 is 28.6 Å². The summed E-state index contributed by atoms with van der Waals surface area (Å²) in [5, 5.41) is 0. The second-order valence-corrected chi connectivity index (χ2v) is 5.16. The number of anilines is 1. The van der Waals surface area contributed by atoms with Crippen LogP contribution in [0.2, 0.25) is 0 Å². The summed E-state index contributed by atoms with van der Waals surface area (Å²) in [6.07, 6.45) is 0.316. The van der Waals surface area contributed by atoms with Crippen LogP contribution in [0, 0.1) is 0 Å². The Morgan fingerprint density at radius 1 is 0.920 bits per heavy atom. The molecule has 1 aromatic rings. The highest BCUT2D eigenvalue weighted by Gasteiger charge is 2.17. The fourth-order valence-corrected chi connectivity index (χ4v) is 2.23. The van der Waals surface area contributed by atoms with E-state index in [2.05, 4.69) is 0 Å². The molecule has 0 bridgehead atoms. The van der Waals surface area contributed by atoms with E-state index in [9.17, 15) is 14.4 Å². The van der Waals surface area contributed by atoms with Crippen molar-refractivity contribution in [1.82, 2.24) is 0 Å². The molecule has 0 aliphatic heterocycles. The molecule has 0 aliphatic rings. The first-order chi connectivity index (χ1) is 12.0. The van der Waals surface area contributed by atoms with Gasteiger partial charge in [0.05, 0.1) is 31.7 Å². The van der Waals surface area contributed by atoms with Gasteiger partial charge >= 0.3 is 17.9 Å². The van der Waals surface area contributed by atoms with Crippen LogP contribution < -0.4 is 9.64 Å². The number of carbonyl (C=O) groups excluding carboxylic acids is 3. The molecule has 0 aromatic heterocycles. The molecule has 0 unspecified atom stereocenters. The molecular formula is C18H25NO6. The summed E-state index contributed by atoms with van der Waals surface area (Å²) < 4.78 is 15.1. The fraction of sp³-hybridized carbons (Fsp3) is 0.500. The van der Waals surface area contributed by atoms with Crippen LogP contribution in [0.1, 0.15) is 33.6 Å². The van der Waals surface area contributed by atoms with Crippen molar-refractivity contribution in [3.63, 3.8) is 0 Å². The Bertz CT molecular complexity index is 565. The van der Waals surface area contributed by atoms with E-state index in [0.29, 0.717) is 37.7 Å². The maximum atomic E-state index is 11.7. The van der Waals surface area contributed by atoms with Crippen LogP contribution in [0.15, 0.2) is 24.3 Å². The first kappa shape index (κ1) is 20.5. The third-order valence-corrected chi connectivity index (χ3v) is 3.24. The summed E-state index contributed by atoms with van der Waals surface area (Å²) in [4.78, 5) is 36.4. The topological polar surface area (TPSA) is 82.1 Å². The number of esters is 3. The highest BCUT2D eigenvalue weighted by Crippen LogP contribution is 2.28. The van der Waals surface area contributed by atoms with Crippen LogP contribution in [0.3, 0.4) is 0 Å². The molecule has 0 amide bonds. The molecular weight excluding hydrogens is 326 g/mol. The Kier molecular flexibility index (Phi) is 9.06. The van der Waals surface area contributed by atoms with E-state index >= 15 is 0 Å². The number of para-hydroxylation sites is 2. The highest BCUT2D eigenvalue weighted by molar-refractivity contribution is 5.75. The van der Waals surface area contributed by atoms with Crippen molar-refractivity contribution in [3.8, 4) is 5.75 Å². The van der Waals surface area contributed by atoms with Gasteiger partial charge < -0.3 is 19.1 Å². The normalized spacial score (nSPS) is 10.0. The predicted octanol–water partition coefficient (Wildman–Crippen LogP) is 2.32. The number of hydrogen-bond acceptors (Lipinski definition) is 7. The Labute approximate surface area is 147 Å². The lowest BCUT2D eigenvalue weighted by Crippen LogP contribution is -2.30. The quantitative estimate of drug-likeness (QED) is 0.472. The van der Waals surface area contributed by atoms with Crippen molar-refractivity contribution in [3.05, 3.63) is 24.3 Å². The van der Waals surface area contributed by atoms with Crippen LogP contribution in [0.4, 0.5) is 5.69 Å². The average molecular weight is 351 g/mol. The van der Waals surface area contributed by atoms with Crippen molar-refractivity contribution in [2.75, 3.05) is 31.2 Å². The molecule has 1 rings (SSSR count). The van der Waals surface area contributed by atoms with Crippen LogP contribution >= 0.6 is 0 Å². The first-order valence-corrected chi connectivity index (χ1v) is 8.31. The van der Waals surface area contributed by atoms with Gasteiger partial charge in [-0.2, -0.15) is 0 Å². The molecule has 0 atom stereocenters. The van der Waals surface area contributed by atoms with Crippen molar-refractivity contribution in [1.29, 1.82) is 0 Å². The molecule has 0 saturated carbocycles. The van der Waals surface area contributed by atoms with Gasteiger partial charge in [0.2, 0.25) is 0 Å². The lowest BCUT2D eigenvalue weighted by Gasteiger charge is -2.26. The number of carbonyl (C=O) groups is 3. The Hall–Kier alpha value is -2.57. The average Bonchev–Trinajstić information content (AvgIpc) is 2.56. The van der Waals surface area contributed by atoms with E-state index in [0.717, 1.165) is 0 Å². The molecule has 0 heterocycles. The van der Waals surface area contributed by atoms with E-state index < -0.39 is 5.97 Å². The van der Waals surface area contributed by atoms with Crippen LogP contribution in [-0.4, -0.2) is 44.2 Å². The largest absolute Gasteiger partial charge is 0.466 e. The summed E-state index contributed by atoms with van der Waals surface area (Å²) in [5.41, 5.74) is 0.631. The zero-order valence-electron chi connectivity index (χ0n) is 14.9. The molecule has 7 heteroatoms. The van der Waals surface area contributed by atoms with Gasteiger partial charge in [-0.25, -0.2) is 0 Å². The van der Waals surface area contributed by atoms with Gasteiger partial charge in [0.25, 0.3) is 0 Å². The molecule has 0 radical (unpaired) electrons. The minimum atomic E-state index is -0.441. The minimum Gasteiger partial charge on any atom is -0.466 e. The zero-order valence-corrected chi connectivity index (χ0v) is 14.9. The number of rotatable bonds is 10. The van der Waals surface area contributed by atoms with Gasteiger partial charge in [0.15, 0.2) is 5.75 Å². The molecule has 7 nitrogen and oxygen atoms in total. The maximum Gasteiger partial charge on any atom is 0.308 e. The Morgan fingerprint density at radius 2 is 1.44 bits per heavy atom. The van der Waals surface area contributed by atoms with Gasteiger partial charge in [-0.05, 0) is 26.0 Å². The van der Waals surface area contributed by atoms with Crippen LogP contribution in [-0.2, 0) is 23.9 Å². The fourth-order valence-electron chi connectivity index (χ4n) is 2.23. The van der Waals surface area contributed by atoms with Gasteiger partial charge in [0.1, 0.15) is 0 Å². The summed E-state index contributed by atoms with van der Waals surface area (Å²) in [6, 6.07) is 6.98. The Morgan fingerprint density at radius 3 is 1.92 bits per heavy atom. The smallest absolute Gasteiger partial charge is 0.308 e. The molecule has 1 aromatic carbocycles. The zero-order chi connectivity index (χ0) is 18.7. The standard InChI is InChI=1S/C18H25NO6/c1-4-23-17(21)10-12-19(13-11-18(22)24-5-2)15-8-6-7-9-16(15)25-14(3)20/h6-9H,4-5,10-13H2,1-3H3. The molecule has 0 aliphatic carbocycles. The second-order valence-electron chi connectivity index (χ2n) is 5.16. The van der Waals surface area contributed by atoms with Gasteiger partial charge in [-0.1, -0.05) is 12.1 Å². The summed E-state index contributed by atoms with van der Waals surface area (Å²) >= 11 is 0. The molecule has 25 heavy (non-hydrogen) atoms. The van der Waals surface area contributed by atoms with Crippen molar-refractivity contribution in [2.45, 2.75) is 33.6 Å². The molecule has 0 saturated heterocycles. The van der Waals surface area contributed by atoms with Crippen molar-refractivity contribution in [2.24, 2.45) is 0 Å². The third-order valence-electron chi connectivity index (χ3n) is 3.24. The SMILES string of the molecule is CCOC(=O)CCN(CCC(=O)OCC)c1ccccc1OC(C)=O. The number of benzene rings is 1. The van der Waals surface area contributed by atoms with Gasteiger partial charge in [0, 0.05) is 20.0 Å². The monoisotopic (exact) mass is 351 g/mol.